The van der Waals surface area contributed by atoms with Crippen LogP contribution in [0.4, 0.5) is 5.69 Å². The summed E-state index contributed by atoms with van der Waals surface area (Å²) in [4.78, 5) is 18.5. The van der Waals surface area contributed by atoms with Gasteiger partial charge in [0, 0.05) is 28.0 Å². The zero-order valence-corrected chi connectivity index (χ0v) is 19.8. The number of aliphatic imine (C=N–C) groups is 1. The average molecular weight is 444 g/mol. The second-order valence-electron chi connectivity index (χ2n) is 9.14. The third-order valence-electron chi connectivity index (χ3n) is 7.31. The van der Waals surface area contributed by atoms with Gasteiger partial charge in [0.25, 0.3) is 0 Å². The van der Waals surface area contributed by atoms with E-state index >= 15 is 0 Å². The molecule has 33 heavy (non-hydrogen) atoms. The Hall–Kier alpha value is -3.34. The number of carbonyl (C=O) groups excluding carboxylic acids is 1. The number of nitrogens with zero attached hydrogens (tertiary/aromatic N) is 1. The maximum absolute atomic E-state index is 13.5. The Balaban J connectivity index is 1.51. The van der Waals surface area contributed by atoms with Crippen LogP contribution in [0.3, 0.4) is 0 Å². The van der Waals surface area contributed by atoms with Crippen LogP contribution < -0.4 is 14.2 Å². The maximum atomic E-state index is 13.5. The van der Waals surface area contributed by atoms with Gasteiger partial charge in [0.15, 0.2) is 17.3 Å². The van der Waals surface area contributed by atoms with Crippen LogP contribution in [0.25, 0.3) is 5.57 Å². The molecule has 5 rings (SSSR count). The number of fused-ring (bicyclic) bond motifs is 3. The second-order valence-corrected chi connectivity index (χ2v) is 9.14. The van der Waals surface area contributed by atoms with E-state index in [1.807, 2.05) is 6.07 Å². The van der Waals surface area contributed by atoms with Crippen molar-refractivity contribution in [3.05, 3.63) is 65.3 Å². The molecule has 0 aromatic heterocycles. The van der Waals surface area contributed by atoms with Gasteiger partial charge in [-0.2, -0.15) is 0 Å². The molecule has 0 spiro atoms. The minimum absolute atomic E-state index is 0.0695. The van der Waals surface area contributed by atoms with Crippen molar-refractivity contribution in [2.75, 3.05) is 21.3 Å². The number of ketones is 1. The van der Waals surface area contributed by atoms with Gasteiger partial charge in [0.1, 0.15) is 0 Å². The first-order valence-corrected chi connectivity index (χ1v) is 11.4. The summed E-state index contributed by atoms with van der Waals surface area (Å²) in [5.74, 6) is 1.70. The molecule has 1 saturated carbocycles. The smallest absolute Gasteiger partial charge is 0.203 e. The molecule has 0 saturated heterocycles. The highest BCUT2D eigenvalue weighted by atomic mass is 16.5. The highest BCUT2D eigenvalue weighted by Gasteiger charge is 2.49. The van der Waals surface area contributed by atoms with Crippen molar-refractivity contribution in [3.8, 4) is 17.2 Å². The largest absolute Gasteiger partial charge is 0.493 e. The molecule has 1 heterocycles. The summed E-state index contributed by atoms with van der Waals surface area (Å²) in [5.41, 5.74) is 6.28. The predicted octanol–water partition coefficient (Wildman–Crippen LogP) is 6.06. The average Bonchev–Trinajstić information content (AvgIpc) is 3.54. The summed E-state index contributed by atoms with van der Waals surface area (Å²) >= 11 is 0. The molecule has 2 aromatic carbocycles. The Morgan fingerprint density at radius 1 is 1.09 bits per heavy atom. The van der Waals surface area contributed by atoms with Crippen molar-refractivity contribution >= 4 is 22.8 Å². The van der Waals surface area contributed by atoms with Crippen LogP contribution >= 0.6 is 0 Å². The summed E-state index contributed by atoms with van der Waals surface area (Å²) in [5, 5.41) is 0. The highest BCUT2D eigenvalue weighted by Crippen LogP contribution is 2.55. The molecular weight excluding hydrogens is 414 g/mol. The molecule has 0 N–H and O–H groups in total. The van der Waals surface area contributed by atoms with E-state index in [-0.39, 0.29) is 23.0 Å². The fourth-order valence-corrected chi connectivity index (χ4v) is 5.09. The number of hydrogen-bond acceptors (Lipinski definition) is 5. The van der Waals surface area contributed by atoms with Gasteiger partial charge in [-0.3, -0.25) is 9.79 Å². The number of carbonyl (C=O) groups is 1. The Bertz CT molecular complexity index is 1210. The third-order valence-corrected chi connectivity index (χ3v) is 7.31. The molecule has 5 heteroatoms. The highest BCUT2D eigenvalue weighted by molar-refractivity contribution is 6.33. The summed E-state index contributed by atoms with van der Waals surface area (Å²) in [6.45, 7) is 4.45. The fraction of sp³-hybridized carbons (Fsp3) is 0.357. The number of methoxy groups -OCH3 is 3. The van der Waals surface area contributed by atoms with Gasteiger partial charge in [-0.15, -0.1) is 0 Å². The first kappa shape index (κ1) is 21.5. The predicted molar refractivity (Wildman–Crippen MR) is 130 cm³/mol. The van der Waals surface area contributed by atoms with E-state index in [2.05, 4.69) is 44.2 Å². The lowest BCUT2D eigenvalue weighted by Gasteiger charge is -2.31. The molecule has 170 valence electrons. The van der Waals surface area contributed by atoms with E-state index in [0.29, 0.717) is 22.8 Å². The summed E-state index contributed by atoms with van der Waals surface area (Å²) in [7, 11) is 4.69. The zero-order chi connectivity index (χ0) is 23.3. The molecule has 2 aliphatic carbocycles. The number of allylic oxidation sites excluding steroid dienone is 4. The van der Waals surface area contributed by atoms with Crippen molar-refractivity contribution < 1.29 is 19.0 Å². The van der Waals surface area contributed by atoms with Crippen molar-refractivity contribution in [3.63, 3.8) is 0 Å². The van der Waals surface area contributed by atoms with Crippen LogP contribution in [0.1, 0.15) is 42.6 Å². The minimum Gasteiger partial charge on any atom is -0.493 e. The van der Waals surface area contributed by atoms with Crippen molar-refractivity contribution in [1.82, 2.24) is 0 Å². The van der Waals surface area contributed by atoms with Crippen LogP contribution in [-0.4, -0.2) is 32.8 Å². The van der Waals surface area contributed by atoms with Crippen LogP contribution in [0.15, 0.2) is 59.1 Å². The molecule has 5 nitrogen and oxygen atoms in total. The Labute approximate surface area is 194 Å². The Morgan fingerprint density at radius 3 is 2.42 bits per heavy atom. The van der Waals surface area contributed by atoms with Gasteiger partial charge in [-0.05, 0) is 42.5 Å². The van der Waals surface area contributed by atoms with E-state index < -0.39 is 0 Å². The van der Waals surface area contributed by atoms with E-state index in [4.69, 9.17) is 19.2 Å². The van der Waals surface area contributed by atoms with Crippen LogP contribution in [0.2, 0.25) is 0 Å². The number of rotatable bonds is 7. The van der Waals surface area contributed by atoms with Gasteiger partial charge in [0.05, 0.1) is 32.7 Å². The molecule has 2 aromatic rings. The van der Waals surface area contributed by atoms with Gasteiger partial charge >= 0.3 is 0 Å². The van der Waals surface area contributed by atoms with Crippen molar-refractivity contribution in [1.29, 1.82) is 0 Å². The van der Waals surface area contributed by atoms with Crippen LogP contribution in [0.5, 0.6) is 17.2 Å². The number of hydrogen-bond donors (Lipinski definition) is 0. The standard InChI is InChI=1S/C28H29NO4/c1-6-28(2)12-11-17(24-18-9-7-8-10-21(18)29-27(24)28)19-15-20(19)25(30)16-13-22(31-3)26(33-5)23(14-16)32-4/h7-14,19-20H,6,15H2,1-5H3. The van der Waals surface area contributed by atoms with Gasteiger partial charge in [-0.1, -0.05) is 44.2 Å². The minimum atomic E-state index is -0.0943. The number of benzene rings is 2. The van der Waals surface area contributed by atoms with Crippen molar-refractivity contribution in [2.45, 2.75) is 26.7 Å². The lowest BCUT2D eigenvalue weighted by Crippen LogP contribution is -2.28. The third kappa shape index (κ3) is 3.29. The first-order chi connectivity index (χ1) is 16.0. The first-order valence-electron chi connectivity index (χ1n) is 11.4. The monoisotopic (exact) mass is 443 g/mol. The molecule has 0 radical (unpaired) electrons. The normalized spacial score (nSPS) is 24.7. The molecule has 1 aliphatic heterocycles. The molecule has 0 amide bonds. The SMILES string of the molecule is CCC1(C)C=CC(C2CC2C(=O)c2cc(OC)c(OC)c(OC)c2)=C2C1=Nc1ccccc12. The number of ether oxygens (including phenoxy) is 3. The fourth-order valence-electron chi connectivity index (χ4n) is 5.09. The maximum Gasteiger partial charge on any atom is 0.203 e. The zero-order valence-electron chi connectivity index (χ0n) is 19.8. The van der Waals surface area contributed by atoms with Gasteiger partial charge in [-0.25, -0.2) is 0 Å². The number of Topliss-reactive ketones (excluding diaryl/α,β-unsaturated/α-hetero) is 1. The topological polar surface area (TPSA) is 57.1 Å². The number of para-hydroxylation sites is 1. The molecule has 0 bridgehead atoms. The van der Waals surface area contributed by atoms with Gasteiger partial charge in [0.2, 0.25) is 5.75 Å². The van der Waals surface area contributed by atoms with Crippen molar-refractivity contribution in [2.24, 2.45) is 22.2 Å². The molecule has 3 atom stereocenters. The molecule has 1 fully saturated rings. The lowest BCUT2D eigenvalue weighted by molar-refractivity contribution is 0.0962. The van der Waals surface area contributed by atoms with Crippen LogP contribution in [-0.2, 0) is 0 Å². The van der Waals surface area contributed by atoms with E-state index in [0.717, 1.165) is 24.2 Å². The Morgan fingerprint density at radius 2 is 1.79 bits per heavy atom. The van der Waals surface area contributed by atoms with E-state index in [1.165, 1.54) is 16.7 Å². The summed E-state index contributed by atoms with van der Waals surface area (Å²) < 4.78 is 16.3. The van der Waals surface area contributed by atoms with E-state index in [1.54, 1.807) is 33.5 Å². The summed E-state index contributed by atoms with van der Waals surface area (Å²) in [6.07, 6.45) is 6.32. The molecular formula is C28H29NO4. The molecule has 3 aliphatic rings. The molecule has 3 unspecified atom stereocenters. The Kier molecular flexibility index (Phi) is 5.15. The quantitative estimate of drug-likeness (QED) is 0.488. The van der Waals surface area contributed by atoms with E-state index in [9.17, 15) is 4.79 Å². The van der Waals surface area contributed by atoms with Gasteiger partial charge < -0.3 is 14.2 Å². The second kappa shape index (κ2) is 7.91. The summed E-state index contributed by atoms with van der Waals surface area (Å²) in [6, 6.07) is 11.8. The van der Waals surface area contributed by atoms with Crippen LogP contribution in [0, 0.1) is 17.3 Å². The lowest BCUT2D eigenvalue weighted by atomic mass is 9.72.